The summed E-state index contributed by atoms with van der Waals surface area (Å²) in [5.41, 5.74) is -0.961. The summed E-state index contributed by atoms with van der Waals surface area (Å²) in [6, 6.07) is 7.89. The summed E-state index contributed by atoms with van der Waals surface area (Å²) in [6.07, 6.45) is 0. The summed E-state index contributed by atoms with van der Waals surface area (Å²) >= 11 is 5.80. The lowest BCUT2D eigenvalue weighted by molar-refractivity contribution is 0.0697. The predicted molar refractivity (Wildman–Crippen MR) is 76.0 cm³/mol. The minimum absolute atomic E-state index is 0.0926. The second-order valence-electron chi connectivity index (χ2n) is 4.33. The molecule has 7 nitrogen and oxygen atoms in total. The van der Waals surface area contributed by atoms with Crippen LogP contribution in [0.15, 0.2) is 39.9 Å². The molecule has 2 heterocycles. The van der Waals surface area contributed by atoms with Crippen molar-refractivity contribution in [2.75, 3.05) is 0 Å². The first kappa shape index (κ1) is 13.2. The van der Waals surface area contributed by atoms with Crippen LogP contribution in [0.25, 0.3) is 16.9 Å². The SMILES string of the molecule is O=C(O)c1c(=O)[nH]n2c(=O)cc(-c3ccc(Cl)cc3)[nH]c12. The summed E-state index contributed by atoms with van der Waals surface area (Å²) in [7, 11) is 0. The van der Waals surface area contributed by atoms with E-state index in [1.165, 1.54) is 6.07 Å². The van der Waals surface area contributed by atoms with Crippen LogP contribution in [0, 0.1) is 0 Å². The smallest absolute Gasteiger partial charge is 0.345 e. The van der Waals surface area contributed by atoms with Crippen molar-refractivity contribution in [3.8, 4) is 11.3 Å². The van der Waals surface area contributed by atoms with Crippen LogP contribution < -0.4 is 11.1 Å². The Labute approximate surface area is 121 Å². The van der Waals surface area contributed by atoms with Crippen LogP contribution in [-0.4, -0.2) is 25.7 Å². The molecule has 21 heavy (non-hydrogen) atoms. The molecule has 0 saturated carbocycles. The number of H-pyrrole nitrogens is 2. The van der Waals surface area contributed by atoms with E-state index in [4.69, 9.17) is 16.7 Å². The topological polar surface area (TPSA) is 107 Å². The van der Waals surface area contributed by atoms with Crippen molar-refractivity contribution in [1.82, 2.24) is 14.6 Å². The fourth-order valence-electron chi connectivity index (χ4n) is 2.05. The maximum absolute atomic E-state index is 12.0. The lowest BCUT2D eigenvalue weighted by Crippen LogP contribution is -2.15. The van der Waals surface area contributed by atoms with Crippen LogP contribution in [0.1, 0.15) is 10.4 Å². The standard InChI is InChI=1S/C13H8ClN3O4/c14-7-3-1-6(2-4-7)8-5-9(18)17-11(15-8)10(13(20)21)12(19)16-17/h1-5,15H,(H,16,19)(H,20,21). The number of aromatic carboxylic acids is 1. The molecule has 3 rings (SSSR count). The highest BCUT2D eigenvalue weighted by Gasteiger charge is 2.18. The molecule has 0 aliphatic heterocycles. The fourth-order valence-corrected chi connectivity index (χ4v) is 2.18. The number of hydrogen-bond acceptors (Lipinski definition) is 3. The number of rotatable bonds is 2. The van der Waals surface area contributed by atoms with Crippen LogP contribution in [0.3, 0.4) is 0 Å². The van der Waals surface area contributed by atoms with Gasteiger partial charge in [-0.15, -0.1) is 0 Å². The number of nitrogens with zero attached hydrogens (tertiary/aromatic N) is 1. The van der Waals surface area contributed by atoms with Crippen molar-refractivity contribution < 1.29 is 9.90 Å². The lowest BCUT2D eigenvalue weighted by Gasteiger charge is -2.03. The molecule has 3 N–H and O–H groups in total. The summed E-state index contributed by atoms with van der Waals surface area (Å²) in [4.78, 5) is 37.5. The van der Waals surface area contributed by atoms with Crippen molar-refractivity contribution >= 4 is 23.2 Å². The average molecular weight is 306 g/mol. The molecular weight excluding hydrogens is 298 g/mol. The first-order valence-corrected chi connectivity index (χ1v) is 6.22. The number of nitrogens with one attached hydrogen (secondary N) is 2. The molecule has 0 atom stereocenters. The van der Waals surface area contributed by atoms with Gasteiger partial charge in [0.2, 0.25) is 0 Å². The van der Waals surface area contributed by atoms with Gasteiger partial charge in [0, 0.05) is 11.1 Å². The Hall–Kier alpha value is -2.80. The Balaban J connectivity index is 2.34. The number of halogens is 1. The molecule has 0 aliphatic carbocycles. The molecule has 0 amide bonds. The third kappa shape index (κ3) is 2.13. The van der Waals surface area contributed by atoms with E-state index >= 15 is 0 Å². The molecule has 8 heteroatoms. The van der Waals surface area contributed by atoms with Gasteiger partial charge in [-0.2, -0.15) is 4.52 Å². The van der Waals surface area contributed by atoms with Crippen LogP contribution in [0.5, 0.6) is 0 Å². The van der Waals surface area contributed by atoms with E-state index < -0.39 is 22.7 Å². The number of carboxylic acid groups (broad SMARTS) is 1. The Morgan fingerprint density at radius 3 is 2.48 bits per heavy atom. The molecule has 0 aliphatic rings. The van der Waals surface area contributed by atoms with Gasteiger partial charge in [-0.3, -0.25) is 14.7 Å². The zero-order valence-corrected chi connectivity index (χ0v) is 11.1. The number of carbonyl (C=O) groups is 1. The van der Waals surface area contributed by atoms with Gasteiger partial charge in [0.05, 0.1) is 5.69 Å². The first-order valence-electron chi connectivity index (χ1n) is 5.84. The van der Waals surface area contributed by atoms with Crippen LogP contribution in [0.4, 0.5) is 0 Å². The minimum atomic E-state index is -1.41. The number of fused-ring (bicyclic) bond motifs is 1. The maximum atomic E-state index is 12.0. The molecule has 106 valence electrons. The predicted octanol–water partition coefficient (Wildman–Crippen LogP) is 1.33. The van der Waals surface area contributed by atoms with Crippen molar-refractivity contribution in [3.63, 3.8) is 0 Å². The molecule has 2 aromatic heterocycles. The highest BCUT2D eigenvalue weighted by atomic mass is 35.5. The zero-order valence-electron chi connectivity index (χ0n) is 10.4. The van der Waals surface area contributed by atoms with E-state index in [0.29, 0.717) is 16.3 Å². The number of carboxylic acids is 1. The summed E-state index contributed by atoms with van der Waals surface area (Å²) in [5.74, 6) is -1.41. The van der Waals surface area contributed by atoms with Crippen LogP contribution >= 0.6 is 11.6 Å². The van der Waals surface area contributed by atoms with Gasteiger partial charge >= 0.3 is 5.97 Å². The van der Waals surface area contributed by atoms with Gasteiger partial charge < -0.3 is 10.1 Å². The van der Waals surface area contributed by atoms with E-state index in [9.17, 15) is 14.4 Å². The van der Waals surface area contributed by atoms with E-state index in [1.807, 2.05) is 0 Å². The van der Waals surface area contributed by atoms with Gasteiger partial charge in [0.15, 0.2) is 11.2 Å². The van der Waals surface area contributed by atoms with Gasteiger partial charge in [-0.1, -0.05) is 23.7 Å². The highest BCUT2D eigenvalue weighted by Crippen LogP contribution is 2.19. The molecule has 0 bridgehead atoms. The monoisotopic (exact) mass is 305 g/mol. The minimum Gasteiger partial charge on any atom is -0.477 e. The molecule has 0 radical (unpaired) electrons. The summed E-state index contributed by atoms with van der Waals surface area (Å²) in [5, 5.41) is 11.8. The normalized spacial score (nSPS) is 10.9. The largest absolute Gasteiger partial charge is 0.477 e. The van der Waals surface area contributed by atoms with E-state index in [2.05, 4.69) is 10.1 Å². The van der Waals surface area contributed by atoms with Gasteiger partial charge in [-0.05, 0) is 17.7 Å². The summed E-state index contributed by atoms with van der Waals surface area (Å²) in [6.45, 7) is 0. The zero-order chi connectivity index (χ0) is 15.1. The number of hydrogen-bond donors (Lipinski definition) is 3. The van der Waals surface area contributed by atoms with E-state index in [1.54, 1.807) is 24.3 Å². The number of aromatic amines is 2. The Kier molecular flexibility index (Phi) is 2.91. The molecular formula is C13H8ClN3O4. The lowest BCUT2D eigenvalue weighted by atomic mass is 10.1. The Morgan fingerprint density at radius 2 is 1.86 bits per heavy atom. The van der Waals surface area contributed by atoms with Gasteiger partial charge in [0.1, 0.15) is 0 Å². The Bertz CT molecular complexity index is 966. The second kappa shape index (κ2) is 4.64. The van der Waals surface area contributed by atoms with Crippen molar-refractivity contribution in [2.24, 2.45) is 0 Å². The van der Waals surface area contributed by atoms with Crippen molar-refractivity contribution in [2.45, 2.75) is 0 Å². The number of aromatic nitrogens is 3. The van der Waals surface area contributed by atoms with Gasteiger partial charge in [-0.25, -0.2) is 4.79 Å². The van der Waals surface area contributed by atoms with Crippen LogP contribution in [-0.2, 0) is 0 Å². The molecule has 0 spiro atoms. The third-order valence-corrected chi connectivity index (χ3v) is 3.26. The molecule has 0 unspecified atom stereocenters. The average Bonchev–Trinajstić information content (AvgIpc) is 2.76. The van der Waals surface area contributed by atoms with E-state index in [-0.39, 0.29) is 5.65 Å². The Morgan fingerprint density at radius 1 is 1.19 bits per heavy atom. The van der Waals surface area contributed by atoms with Gasteiger partial charge in [0.25, 0.3) is 11.1 Å². The second-order valence-corrected chi connectivity index (χ2v) is 4.77. The fraction of sp³-hybridized carbons (Fsp3) is 0. The molecule has 1 aromatic carbocycles. The van der Waals surface area contributed by atoms with Crippen molar-refractivity contribution in [3.05, 3.63) is 61.6 Å². The molecule has 0 fully saturated rings. The quantitative estimate of drug-likeness (QED) is 0.664. The first-order chi connectivity index (χ1) is 9.97. The molecule has 3 aromatic rings. The number of benzene rings is 1. The van der Waals surface area contributed by atoms with Crippen molar-refractivity contribution in [1.29, 1.82) is 0 Å². The maximum Gasteiger partial charge on any atom is 0.345 e. The highest BCUT2D eigenvalue weighted by molar-refractivity contribution is 6.30. The third-order valence-electron chi connectivity index (χ3n) is 3.01. The summed E-state index contributed by atoms with van der Waals surface area (Å²) < 4.78 is 0.866. The van der Waals surface area contributed by atoms with Crippen LogP contribution in [0.2, 0.25) is 5.02 Å². The van der Waals surface area contributed by atoms with E-state index in [0.717, 1.165) is 4.52 Å². The molecule has 0 saturated heterocycles.